The molecule has 0 fully saturated rings. The first-order valence-corrected chi connectivity index (χ1v) is 8.93. The van der Waals surface area contributed by atoms with Crippen LogP contribution < -0.4 is 14.8 Å². The van der Waals surface area contributed by atoms with Crippen LogP contribution in [0.4, 0.5) is 0 Å². The molecule has 4 aromatic rings. The molecular formula is C21H17N3O4. The molecule has 7 heteroatoms. The Kier molecular flexibility index (Phi) is 3.97. The van der Waals surface area contributed by atoms with Gasteiger partial charge in [0, 0.05) is 28.7 Å². The van der Waals surface area contributed by atoms with Crippen molar-refractivity contribution in [2.75, 3.05) is 6.79 Å². The average Bonchev–Trinajstić information content (AvgIpc) is 3.46. The Bertz CT molecular complexity index is 1160. The Morgan fingerprint density at radius 2 is 2.00 bits per heavy atom. The second-order valence-corrected chi connectivity index (χ2v) is 6.56. The Hall–Kier alpha value is -3.74. The van der Waals surface area contributed by atoms with Gasteiger partial charge in [-0.05, 0) is 29.8 Å². The SMILES string of the molecule is O=C(Cc1c[nH]c2ccccc12)NCc1cc(-c2ccc3c(c2)OCO3)on1. The number of rotatable bonds is 5. The van der Waals surface area contributed by atoms with Gasteiger partial charge in [-0.25, -0.2) is 0 Å². The fourth-order valence-electron chi connectivity index (χ4n) is 3.28. The monoisotopic (exact) mass is 375 g/mol. The van der Waals surface area contributed by atoms with E-state index in [1.54, 1.807) is 0 Å². The molecule has 0 saturated heterocycles. The molecule has 2 aromatic heterocycles. The maximum atomic E-state index is 12.3. The first-order chi connectivity index (χ1) is 13.8. The average molecular weight is 375 g/mol. The van der Waals surface area contributed by atoms with E-state index in [1.165, 1.54) is 0 Å². The summed E-state index contributed by atoms with van der Waals surface area (Å²) in [6.45, 7) is 0.526. The lowest BCUT2D eigenvalue weighted by Crippen LogP contribution is -2.24. The van der Waals surface area contributed by atoms with Crippen LogP contribution in [0.2, 0.25) is 0 Å². The van der Waals surface area contributed by atoms with Crippen molar-refractivity contribution in [2.24, 2.45) is 0 Å². The fourth-order valence-corrected chi connectivity index (χ4v) is 3.28. The first-order valence-electron chi connectivity index (χ1n) is 8.93. The van der Waals surface area contributed by atoms with Crippen molar-refractivity contribution in [1.82, 2.24) is 15.5 Å². The Morgan fingerprint density at radius 1 is 1.11 bits per heavy atom. The van der Waals surface area contributed by atoms with Crippen molar-refractivity contribution in [3.8, 4) is 22.8 Å². The molecule has 0 unspecified atom stereocenters. The number of H-pyrrole nitrogens is 1. The lowest BCUT2D eigenvalue weighted by molar-refractivity contribution is -0.120. The molecule has 1 aliphatic heterocycles. The van der Waals surface area contributed by atoms with E-state index in [2.05, 4.69) is 15.5 Å². The minimum Gasteiger partial charge on any atom is -0.454 e. The van der Waals surface area contributed by atoms with E-state index in [-0.39, 0.29) is 12.7 Å². The van der Waals surface area contributed by atoms with Crippen LogP contribution in [-0.4, -0.2) is 22.8 Å². The normalized spacial score (nSPS) is 12.4. The van der Waals surface area contributed by atoms with Gasteiger partial charge in [-0.3, -0.25) is 4.79 Å². The van der Waals surface area contributed by atoms with Gasteiger partial charge in [-0.1, -0.05) is 23.4 Å². The zero-order valence-electron chi connectivity index (χ0n) is 14.9. The maximum absolute atomic E-state index is 12.3. The van der Waals surface area contributed by atoms with Crippen LogP contribution in [-0.2, 0) is 17.8 Å². The molecule has 0 atom stereocenters. The van der Waals surface area contributed by atoms with E-state index in [0.717, 1.165) is 22.0 Å². The third-order valence-corrected chi connectivity index (χ3v) is 4.71. The molecule has 7 nitrogen and oxygen atoms in total. The largest absolute Gasteiger partial charge is 0.454 e. The molecule has 2 aromatic carbocycles. The Morgan fingerprint density at radius 3 is 2.96 bits per heavy atom. The highest BCUT2D eigenvalue weighted by Crippen LogP contribution is 2.36. The van der Waals surface area contributed by atoms with Crippen molar-refractivity contribution in [3.63, 3.8) is 0 Å². The van der Waals surface area contributed by atoms with Crippen LogP contribution in [0.25, 0.3) is 22.2 Å². The summed E-state index contributed by atoms with van der Waals surface area (Å²) in [5.41, 5.74) is 3.48. The highest BCUT2D eigenvalue weighted by molar-refractivity contribution is 5.88. The number of aromatic nitrogens is 2. The molecule has 0 saturated carbocycles. The summed E-state index contributed by atoms with van der Waals surface area (Å²) < 4.78 is 16.1. The van der Waals surface area contributed by atoms with E-state index in [1.807, 2.05) is 54.7 Å². The molecule has 5 rings (SSSR count). The van der Waals surface area contributed by atoms with Crippen molar-refractivity contribution in [3.05, 3.63) is 66.0 Å². The van der Waals surface area contributed by atoms with Crippen LogP contribution in [0, 0.1) is 0 Å². The van der Waals surface area contributed by atoms with Gasteiger partial charge in [-0.15, -0.1) is 0 Å². The van der Waals surface area contributed by atoms with Crippen LogP contribution in [0.1, 0.15) is 11.3 Å². The number of fused-ring (bicyclic) bond motifs is 2. The van der Waals surface area contributed by atoms with E-state index < -0.39 is 0 Å². The Labute approximate surface area is 160 Å². The number of aromatic amines is 1. The smallest absolute Gasteiger partial charge is 0.231 e. The molecule has 0 spiro atoms. The van der Waals surface area contributed by atoms with Gasteiger partial charge in [-0.2, -0.15) is 0 Å². The van der Waals surface area contributed by atoms with Gasteiger partial charge in [0.25, 0.3) is 0 Å². The number of hydrogen-bond acceptors (Lipinski definition) is 5. The lowest BCUT2D eigenvalue weighted by atomic mass is 10.1. The second kappa shape index (κ2) is 6.77. The quantitative estimate of drug-likeness (QED) is 0.558. The lowest BCUT2D eigenvalue weighted by Gasteiger charge is -2.02. The summed E-state index contributed by atoms with van der Waals surface area (Å²) in [5, 5.41) is 7.98. The number of hydrogen-bond donors (Lipinski definition) is 2. The molecule has 3 heterocycles. The first kappa shape index (κ1) is 16.4. The van der Waals surface area contributed by atoms with Crippen molar-refractivity contribution >= 4 is 16.8 Å². The zero-order valence-corrected chi connectivity index (χ0v) is 14.9. The van der Waals surface area contributed by atoms with Crippen LogP contribution in [0.15, 0.2) is 59.3 Å². The molecule has 2 N–H and O–H groups in total. The number of amides is 1. The van der Waals surface area contributed by atoms with Crippen LogP contribution >= 0.6 is 0 Å². The minimum absolute atomic E-state index is 0.0719. The molecule has 0 radical (unpaired) electrons. The summed E-state index contributed by atoms with van der Waals surface area (Å²) >= 11 is 0. The zero-order chi connectivity index (χ0) is 18.9. The minimum atomic E-state index is -0.0719. The van der Waals surface area contributed by atoms with Gasteiger partial charge < -0.3 is 24.3 Å². The number of nitrogens with zero attached hydrogens (tertiary/aromatic N) is 1. The summed E-state index contributed by atoms with van der Waals surface area (Å²) in [7, 11) is 0. The number of carbonyl (C=O) groups excluding carboxylic acids is 1. The number of benzene rings is 2. The molecular weight excluding hydrogens is 358 g/mol. The molecule has 28 heavy (non-hydrogen) atoms. The number of nitrogens with one attached hydrogen (secondary N) is 2. The highest BCUT2D eigenvalue weighted by Gasteiger charge is 2.16. The fraction of sp³-hybridized carbons (Fsp3) is 0.143. The topological polar surface area (TPSA) is 89.4 Å². The molecule has 0 aliphatic carbocycles. The summed E-state index contributed by atoms with van der Waals surface area (Å²) in [6.07, 6.45) is 2.18. The van der Waals surface area contributed by atoms with Gasteiger partial charge >= 0.3 is 0 Å². The predicted molar refractivity (Wildman–Crippen MR) is 102 cm³/mol. The van der Waals surface area contributed by atoms with E-state index in [0.29, 0.717) is 35.9 Å². The third kappa shape index (κ3) is 3.07. The summed E-state index contributed by atoms with van der Waals surface area (Å²) in [4.78, 5) is 15.5. The summed E-state index contributed by atoms with van der Waals surface area (Å²) in [5.74, 6) is 1.94. The Balaban J connectivity index is 1.23. The molecule has 1 aliphatic rings. The number of para-hydroxylation sites is 1. The number of ether oxygens (including phenoxy) is 2. The molecule has 140 valence electrons. The summed E-state index contributed by atoms with van der Waals surface area (Å²) in [6, 6.07) is 15.3. The third-order valence-electron chi connectivity index (χ3n) is 4.71. The van der Waals surface area contributed by atoms with Crippen molar-refractivity contribution in [1.29, 1.82) is 0 Å². The van der Waals surface area contributed by atoms with E-state index in [9.17, 15) is 4.79 Å². The van der Waals surface area contributed by atoms with Gasteiger partial charge in [0.2, 0.25) is 12.7 Å². The maximum Gasteiger partial charge on any atom is 0.231 e. The second-order valence-electron chi connectivity index (χ2n) is 6.56. The predicted octanol–water partition coefficient (Wildman–Crippen LogP) is 3.41. The molecule has 0 bridgehead atoms. The number of carbonyl (C=O) groups is 1. The van der Waals surface area contributed by atoms with Gasteiger partial charge in [0.1, 0.15) is 5.69 Å². The van der Waals surface area contributed by atoms with Crippen molar-refractivity contribution in [2.45, 2.75) is 13.0 Å². The van der Waals surface area contributed by atoms with Gasteiger partial charge in [0.15, 0.2) is 17.3 Å². The van der Waals surface area contributed by atoms with E-state index >= 15 is 0 Å². The standard InChI is InChI=1S/C21H17N3O4/c25-21(8-14-10-22-17-4-2-1-3-16(14)17)23-11-15-9-19(28-24-15)13-5-6-18-20(7-13)27-12-26-18/h1-7,9-10,22H,8,11-12H2,(H,23,25). The van der Waals surface area contributed by atoms with Crippen molar-refractivity contribution < 1.29 is 18.8 Å². The van der Waals surface area contributed by atoms with Gasteiger partial charge in [0.05, 0.1) is 13.0 Å². The van der Waals surface area contributed by atoms with Crippen LogP contribution in [0.5, 0.6) is 11.5 Å². The van der Waals surface area contributed by atoms with Crippen LogP contribution in [0.3, 0.4) is 0 Å². The molecule has 1 amide bonds. The van der Waals surface area contributed by atoms with E-state index in [4.69, 9.17) is 14.0 Å². The highest BCUT2D eigenvalue weighted by atomic mass is 16.7.